The Bertz CT molecular complexity index is 538. The molecular weight excluding hydrogens is 447 g/mol. The van der Waals surface area contributed by atoms with Gasteiger partial charge in [0.2, 0.25) is 0 Å². The Hall–Kier alpha value is -1.34. The van der Waals surface area contributed by atoms with Crippen molar-refractivity contribution in [2.75, 3.05) is 13.1 Å². The van der Waals surface area contributed by atoms with Crippen molar-refractivity contribution in [3.63, 3.8) is 0 Å². The van der Waals surface area contributed by atoms with Crippen LogP contribution in [0.1, 0.15) is 52.4 Å². The summed E-state index contributed by atoms with van der Waals surface area (Å²) in [6.07, 6.45) is -19.1. The third-order valence-corrected chi connectivity index (χ3v) is 3.98. The molecule has 0 fully saturated rings. The molecule has 0 aliphatic carbocycles. The van der Waals surface area contributed by atoms with Crippen molar-refractivity contribution in [1.29, 1.82) is 0 Å². The highest BCUT2D eigenvalue weighted by molar-refractivity contribution is 5.84. The van der Waals surface area contributed by atoms with Crippen LogP contribution in [-0.4, -0.2) is 54.1 Å². The summed E-state index contributed by atoms with van der Waals surface area (Å²) in [7, 11) is 0. The van der Waals surface area contributed by atoms with Gasteiger partial charge in [-0.3, -0.25) is 9.53 Å². The Morgan fingerprint density at radius 2 is 1.10 bits per heavy atom. The lowest BCUT2D eigenvalue weighted by Gasteiger charge is -2.36. The van der Waals surface area contributed by atoms with Crippen LogP contribution < -0.4 is 0 Å². The maximum atomic E-state index is 14.5. The molecule has 0 saturated heterocycles. The van der Waals surface area contributed by atoms with E-state index in [2.05, 4.69) is 4.74 Å². The number of rotatable bonds is 12. The molecule has 180 valence electrons. The molecule has 0 rings (SSSR count). The molecule has 0 aromatic carbocycles. The Morgan fingerprint density at radius 1 is 0.700 bits per heavy atom. The van der Waals surface area contributed by atoms with Crippen molar-refractivity contribution in [3.8, 4) is 0 Å². The first kappa shape index (κ1) is 28.7. The fourth-order valence-electron chi connectivity index (χ4n) is 2.25. The lowest BCUT2D eigenvalue weighted by atomic mass is 10.1. The van der Waals surface area contributed by atoms with E-state index in [1.165, 1.54) is 0 Å². The SMILES string of the molecule is CCCCCN(CCCCC)C(=O)[C@@](F)(OC(F)(F)C(F)(F)C(F)(F)F)C(F)(F)F. The van der Waals surface area contributed by atoms with Crippen LogP contribution in [0.3, 0.4) is 0 Å². The summed E-state index contributed by atoms with van der Waals surface area (Å²) < 4.78 is 145. The molecule has 0 unspecified atom stereocenters. The monoisotopic (exact) mass is 469 g/mol. The topological polar surface area (TPSA) is 29.5 Å². The number of amides is 1. The predicted octanol–water partition coefficient (Wildman–Crippen LogP) is 6.23. The van der Waals surface area contributed by atoms with Crippen LogP contribution in [0.25, 0.3) is 0 Å². The lowest BCUT2D eigenvalue weighted by Crippen LogP contribution is -2.64. The smallest absolute Gasteiger partial charge is 0.337 e. The number of halogens is 11. The number of alkyl halides is 11. The number of ether oxygens (including phenoxy) is 1. The van der Waals surface area contributed by atoms with Crippen molar-refractivity contribution in [3.05, 3.63) is 0 Å². The summed E-state index contributed by atoms with van der Waals surface area (Å²) in [4.78, 5) is 12.2. The van der Waals surface area contributed by atoms with Crippen LogP contribution in [0, 0.1) is 0 Å². The van der Waals surface area contributed by atoms with Crippen molar-refractivity contribution in [2.45, 2.75) is 82.6 Å². The van der Waals surface area contributed by atoms with E-state index in [1.54, 1.807) is 13.8 Å². The quantitative estimate of drug-likeness (QED) is 0.251. The number of hydrogen-bond donors (Lipinski definition) is 0. The molecule has 1 atom stereocenters. The molecule has 14 heteroatoms. The minimum absolute atomic E-state index is 0.0113. The standard InChI is InChI=1S/C16H22F11NO2/c1-3-5-7-9-28(10-8-6-4-2)11(29)12(17,14(20,21)22)30-16(26,27)13(18,19)15(23,24)25/h3-10H2,1-2H3/t12-/m1/s1. The van der Waals surface area contributed by atoms with E-state index in [0.29, 0.717) is 25.7 Å². The molecule has 0 heterocycles. The molecule has 3 nitrogen and oxygen atoms in total. The highest BCUT2D eigenvalue weighted by atomic mass is 19.4. The van der Waals surface area contributed by atoms with E-state index < -0.39 is 49.2 Å². The molecule has 0 saturated carbocycles. The fraction of sp³-hybridized carbons (Fsp3) is 0.938. The number of hydrogen-bond acceptors (Lipinski definition) is 2. The largest absolute Gasteiger partial charge is 0.462 e. The second-order valence-electron chi connectivity index (χ2n) is 6.49. The summed E-state index contributed by atoms with van der Waals surface area (Å²) in [5.41, 5.74) is 0. The van der Waals surface area contributed by atoms with Crippen LogP contribution in [0.2, 0.25) is 0 Å². The van der Waals surface area contributed by atoms with E-state index in [0.717, 1.165) is 0 Å². The minimum atomic E-state index is -7.20. The van der Waals surface area contributed by atoms with Crippen molar-refractivity contribution >= 4 is 5.91 Å². The van der Waals surface area contributed by atoms with Crippen molar-refractivity contribution in [2.24, 2.45) is 0 Å². The summed E-state index contributed by atoms with van der Waals surface area (Å²) in [5.74, 6) is -16.1. The highest BCUT2D eigenvalue weighted by Gasteiger charge is 2.79. The first-order valence-corrected chi connectivity index (χ1v) is 8.96. The highest BCUT2D eigenvalue weighted by Crippen LogP contribution is 2.51. The second kappa shape index (κ2) is 10.3. The number of carbonyl (C=O) groups is 1. The number of nitrogens with zero attached hydrogens (tertiary/aromatic N) is 1. The van der Waals surface area contributed by atoms with E-state index in [9.17, 15) is 53.1 Å². The summed E-state index contributed by atoms with van der Waals surface area (Å²) in [6.45, 7) is 2.20. The van der Waals surface area contributed by atoms with Crippen molar-refractivity contribution < 1.29 is 57.8 Å². The summed E-state index contributed by atoms with van der Waals surface area (Å²) in [6, 6.07) is 0. The van der Waals surface area contributed by atoms with E-state index in [-0.39, 0.29) is 17.7 Å². The third-order valence-electron chi connectivity index (χ3n) is 3.98. The molecule has 0 bridgehead atoms. The molecule has 0 radical (unpaired) electrons. The molecule has 0 spiro atoms. The molecule has 0 aromatic rings. The van der Waals surface area contributed by atoms with Gasteiger partial charge in [0.1, 0.15) is 0 Å². The lowest BCUT2D eigenvalue weighted by molar-refractivity contribution is -0.473. The predicted molar refractivity (Wildman–Crippen MR) is 82.6 cm³/mol. The van der Waals surface area contributed by atoms with Crippen LogP contribution in [-0.2, 0) is 9.53 Å². The van der Waals surface area contributed by atoms with E-state index in [4.69, 9.17) is 0 Å². The van der Waals surface area contributed by atoms with Crippen LogP contribution in [0.15, 0.2) is 0 Å². The number of unbranched alkanes of at least 4 members (excludes halogenated alkanes) is 4. The zero-order valence-electron chi connectivity index (χ0n) is 16.1. The van der Waals surface area contributed by atoms with Gasteiger partial charge in [0.05, 0.1) is 0 Å². The minimum Gasteiger partial charge on any atom is -0.337 e. The molecule has 30 heavy (non-hydrogen) atoms. The van der Waals surface area contributed by atoms with Gasteiger partial charge in [0.15, 0.2) is 0 Å². The molecule has 0 N–H and O–H groups in total. The van der Waals surface area contributed by atoms with Gasteiger partial charge in [-0.05, 0) is 12.8 Å². The van der Waals surface area contributed by atoms with Gasteiger partial charge in [0, 0.05) is 13.1 Å². The Kier molecular flexibility index (Phi) is 9.85. The molecule has 0 aliphatic heterocycles. The van der Waals surface area contributed by atoms with Gasteiger partial charge < -0.3 is 4.90 Å². The molecule has 0 aliphatic rings. The van der Waals surface area contributed by atoms with Crippen LogP contribution >= 0.6 is 0 Å². The molecular formula is C16H22F11NO2. The molecule has 1 amide bonds. The van der Waals surface area contributed by atoms with Gasteiger partial charge in [0.25, 0.3) is 5.91 Å². The normalized spacial score (nSPS) is 15.8. The maximum absolute atomic E-state index is 14.5. The Labute approximate surface area is 165 Å². The summed E-state index contributed by atoms with van der Waals surface area (Å²) >= 11 is 0. The Morgan fingerprint density at radius 3 is 1.40 bits per heavy atom. The maximum Gasteiger partial charge on any atom is 0.462 e. The first-order chi connectivity index (χ1) is 13.4. The van der Waals surface area contributed by atoms with Gasteiger partial charge in [-0.15, -0.1) is 0 Å². The average molecular weight is 469 g/mol. The van der Waals surface area contributed by atoms with Gasteiger partial charge >= 0.3 is 30.2 Å². The van der Waals surface area contributed by atoms with E-state index >= 15 is 0 Å². The zero-order valence-corrected chi connectivity index (χ0v) is 16.1. The molecule has 0 aromatic heterocycles. The number of carbonyl (C=O) groups excluding carboxylic acids is 1. The van der Waals surface area contributed by atoms with Crippen LogP contribution in [0.4, 0.5) is 48.3 Å². The third kappa shape index (κ3) is 6.58. The van der Waals surface area contributed by atoms with Gasteiger partial charge in [-0.2, -0.15) is 48.3 Å². The second-order valence-corrected chi connectivity index (χ2v) is 6.49. The van der Waals surface area contributed by atoms with Crippen LogP contribution in [0.5, 0.6) is 0 Å². The van der Waals surface area contributed by atoms with Gasteiger partial charge in [-0.25, -0.2) is 0 Å². The first-order valence-electron chi connectivity index (χ1n) is 8.96. The van der Waals surface area contributed by atoms with Gasteiger partial charge in [-0.1, -0.05) is 39.5 Å². The zero-order chi connectivity index (χ0) is 24.0. The van der Waals surface area contributed by atoms with Crippen molar-refractivity contribution in [1.82, 2.24) is 4.90 Å². The average Bonchev–Trinajstić information content (AvgIpc) is 2.57. The van der Waals surface area contributed by atoms with E-state index in [1.807, 2.05) is 0 Å². The fourth-order valence-corrected chi connectivity index (χ4v) is 2.25. The Balaban J connectivity index is 6.03. The summed E-state index contributed by atoms with van der Waals surface area (Å²) in [5, 5.41) is 0.